The van der Waals surface area contributed by atoms with E-state index in [1.165, 1.54) is 12.1 Å². The molecule has 1 aliphatic heterocycles. The van der Waals surface area contributed by atoms with Gasteiger partial charge in [-0.3, -0.25) is 4.98 Å². The Morgan fingerprint density at radius 1 is 1.04 bits per heavy atom. The Kier molecular flexibility index (Phi) is 4.83. The van der Waals surface area contributed by atoms with Crippen LogP contribution in [0, 0.1) is 0 Å². The molecule has 1 aliphatic rings. The molecule has 3 aromatic rings. The van der Waals surface area contributed by atoms with E-state index in [1.807, 2.05) is 30.3 Å². The molecule has 2 heterocycles. The fourth-order valence-electron chi connectivity index (χ4n) is 2.80. The second-order valence-corrected chi connectivity index (χ2v) is 7.65. The van der Waals surface area contributed by atoms with Crippen LogP contribution in [0.5, 0.6) is 17.2 Å². The predicted octanol–water partition coefficient (Wildman–Crippen LogP) is 2.36. The quantitative estimate of drug-likeness (QED) is 0.655. The first-order chi connectivity index (χ1) is 13.1. The number of para-hydroxylation sites is 1. The molecule has 0 aliphatic carbocycles. The zero-order valence-electron chi connectivity index (χ0n) is 14.4. The van der Waals surface area contributed by atoms with E-state index in [2.05, 4.69) is 9.71 Å². The zero-order chi connectivity index (χ0) is 18.7. The van der Waals surface area contributed by atoms with Crippen LogP contribution in [-0.4, -0.2) is 39.8 Å². The summed E-state index contributed by atoms with van der Waals surface area (Å²) < 4.78 is 44.0. The Hall–Kier alpha value is -2.84. The monoisotopic (exact) mass is 386 g/mol. The molecule has 27 heavy (non-hydrogen) atoms. The topological polar surface area (TPSA) is 86.8 Å². The molecule has 0 fully saturated rings. The van der Waals surface area contributed by atoms with Gasteiger partial charge in [0.25, 0.3) is 0 Å². The molecule has 1 N–H and O–H groups in total. The largest absolute Gasteiger partial charge is 0.490 e. The molecule has 8 heteroatoms. The summed E-state index contributed by atoms with van der Waals surface area (Å²) in [6.45, 7) is 1.16. The Morgan fingerprint density at radius 3 is 2.74 bits per heavy atom. The summed E-state index contributed by atoms with van der Waals surface area (Å²) in [7, 11) is -3.67. The molecule has 0 bridgehead atoms. The van der Waals surface area contributed by atoms with Crippen LogP contribution in [0.15, 0.2) is 59.6 Å². The van der Waals surface area contributed by atoms with Crippen molar-refractivity contribution in [2.75, 3.05) is 26.4 Å². The highest BCUT2D eigenvalue weighted by Gasteiger charge is 2.19. The number of sulfonamides is 1. The average molecular weight is 386 g/mol. The van der Waals surface area contributed by atoms with Gasteiger partial charge in [-0.15, -0.1) is 0 Å². The first-order valence-corrected chi connectivity index (χ1v) is 9.98. The maximum atomic E-state index is 12.5. The van der Waals surface area contributed by atoms with Gasteiger partial charge in [0.15, 0.2) is 11.5 Å². The van der Waals surface area contributed by atoms with Crippen molar-refractivity contribution in [3.05, 3.63) is 54.7 Å². The van der Waals surface area contributed by atoms with Crippen LogP contribution in [0.4, 0.5) is 0 Å². The third kappa shape index (κ3) is 3.81. The van der Waals surface area contributed by atoms with Crippen molar-refractivity contribution in [1.29, 1.82) is 0 Å². The number of nitrogens with one attached hydrogen (secondary N) is 1. The number of nitrogens with zero attached hydrogens (tertiary/aromatic N) is 1. The van der Waals surface area contributed by atoms with Gasteiger partial charge in [0.05, 0.1) is 4.90 Å². The second-order valence-electron chi connectivity index (χ2n) is 5.88. The molecule has 0 unspecified atom stereocenters. The van der Waals surface area contributed by atoms with Crippen molar-refractivity contribution in [1.82, 2.24) is 9.71 Å². The highest BCUT2D eigenvalue weighted by atomic mass is 32.2. The summed E-state index contributed by atoms with van der Waals surface area (Å²) in [6, 6.07) is 14.0. The van der Waals surface area contributed by atoms with Gasteiger partial charge in [0, 0.05) is 24.2 Å². The number of pyridine rings is 1. The van der Waals surface area contributed by atoms with Crippen LogP contribution >= 0.6 is 0 Å². The molecule has 4 rings (SSSR count). The molecule has 0 amide bonds. The van der Waals surface area contributed by atoms with E-state index in [4.69, 9.17) is 14.2 Å². The van der Waals surface area contributed by atoms with E-state index in [0.717, 1.165) is 10.9 Å². The van der Waals surface area contributed by atoms with Crippen molar-refractivity contribution < 1.29 is 22.6 Å². The fourth-order valence-corrected chi connectivity index (χ4v) is 3.83. The van der Waals surface area contributed by atoms with Crippen LogP contribution in [0.3, 0.4) is 0 Å². The number of fused-ring (bicyclic) bond motifs is 2. The van der Waals surface area contributed by atoms with Crippen LogP contribution in [0.25, 0.3) is 10.9 Å². The van der Waals surface area contributed by atoms with Gasteiger partial charge in [-0.1, -0.05) is 18.2 Å². The predicted molar refractivity (Wildman–Crippen MR) is 99.9 cm³/mol. The van der Waals surface area contributed by atoms with Crippen LogP contribution in [0.1, 0.15) is 0 Å². The molecule has 0 radical (unpaired) electrons. The summed E-state index contributed by atoms with van der Waals surface area (Å²) in [6.07, 6.45) is 1.69. The third-order valence-electron chi connectivity index (χ3n) is 4.07. The van der Waals surface area contributed by atoms with Gasteiger partial charge in [-0.25, -0.2) is 13.1 Å². The number of rotatable bonds is 6. The van der Waals surface area contributed by atoms with Crippen LogP contribution in [-0.2, 0) is 10.0 Å². The summed E-state index contributed by atoms with van der Waals surface area (Å²) in [5.74, 6) is 1.60. The van der Waals surface area contributed by atoms with Crippen LogP contribution < -0.4 is 18.9 Å². The molecule has 0 atom stereocenters. The molecule has 0 saturated carbocycles. The van der Waals surface area contributed by atoms with Crippen molar-refractivity contribution in [3.63, 3.8) is 0 Å². The summed E-state index contributed by atoms with van der Waals surface area (Å²) >= 11 is 0. The highest BCUT2D eigenvalue weighted by molar-refractivity contribution is 7.89. The summed E-state index contributed by atoms with van der Waals surface area (Å²) in [5, 5.41) is 0.965. The summed E-state index contributed by atoms with van der Waals surface area (Å²) in [5.41, 5.74) is 0.745. The van der Waals surface area contributed by atoms with E-state index < -0.39 is 10.0 Å². The molecule has 1 aromatic heterocycles. The Bertz CT molecular complexity index is 1060. The zero-order valence-corrected chi connectivity index (χ0v) is 15.2. The molecule has 0 saturated heterocycles. The van der Waals surface area contributed by atoms with E-state index in [9.17, 15) is 8.42 Å². The molecular formula is C19H18N2O5S. The highest BCUT2D eigenvalue weighted by Crippen LogP contribution is 2.32. The fraction of sp³-hybridized carbons (Fsp3) is 0.211. The van der Waals surface area contributed by atoms with Gasteiger partial charge < -0.3 is 14.2 Å². The maximum Gasteiger partial charge on any atom is 0.240 e. The van der Waals surface area contributed by atoms with Crippen molar-refractivity contribution in [3.8, 4) is 17.2 Å². The van der Waals surface area contributed by atoms with Gasteiger partial charge in [0.2, 0.25) is 10.0 Å². The molecule has 140 valence electrons. The van der Waals surface area contributed by atoms with Gasteiger partial charge in [0.1, 0.15) is 31.1 Å². The van der Waals surface area contributed by atoms with E-state index in [-0.39, 0.29) is 18.0 Å². The maximum absolute atomic E-state index is 12.5. The van der Waals surface area contributed by atoms with Gasteiger partial charge in [-0.05, 0) is 24.3 Å². The van der Waals surface area contributed by atoms with E-state index >= 15 is 0 Å². The van der Waals surface area contributed by atoms with Gasteiger partial charge >= 0.3 is 0 Å². The first kappa shape index (κ1) is 17.6. The average Bonchev–Trinajstić information content (AvgIpc) is 2.71. The van der Waals surface area contributed by atoms with Crippen molar-refractivity contribution >= 4 is 20.9 Å². The second kappa shape index (κ2) is 7.42. The number of hydrogen-bond donors (Lipinski definition) is 1. The minimum absolute atomic E-state index is 0.124. The Balaban J connectivity index is 1.39. The van der Waals surface area contributed by atoms with Crippen LogP contribution in [0.2, 0.25) is 0 Å². The first-order valence-electron chi connectivity index (χ1n) is 8.49. The normalized spacial score (nSPS) is 13.5. The van der Waals surface area contributed by atoms with Gasteiger partial charge in [-0.2, -0.15) is 0 Å². The Labute approximate surface area is 156 Å². The molecule has 0 spiro atoms. The van der Waals surface area contributed by atoms with E-state index in [1.54, 1.807) is 12.3 Å². The molecule has 7 nitrogen and oxygen atoms in total. The lowest BCUT2D eigenvalue weighted by molar-refractivity contribution is 0.171. The number of aromatic nitrogens is 1. The number of benzene rings is 2. The van der Waals surface area contributed by atoms with Crippen molar-refractivity contribution in [2.24, 2.45) is 0 Å². The SMILES string of the molecule is O=S(=O)(NCCOc1cccc2cccnc12)c1ccc2c(c1)OCCO2. The lowest BCUT2D eigenvalue weighted by Gasteiger charge is -2.19. The lowest BCUT2D eigenvalue weighted by Crippen LogP contribution is -2.28. The third-order valence-corrected chi connectivity index (χ3v) is 5.53. The standard InChI is InChI=1S/C19H18N2O5S/c22-27(23,15-6-7-16-18(13-15)26-12-11-25-16)21-9-10-24-17-5-1-3-14-4-2-8-20-19(14)17/h1-8,13,21H,9-12H2. The summed E-state index contributed by atoms with van der Waals surface area (Å²) in [4.78, 5) is 4.43. The Morgan fingerprint density at radius 2 is 1.85 bits per heavy atom. The number of ether oxygens (including phenoxy) is 3. The molecular weight excluding hydrogens is 368 g/mol. The minimum atomic E-state index is -3.67. The van der Waals surface area contributed by atoms with Crippen molar-refractivity contribution in [2.45, 2.75) is 4.90 Å². The van der Waals surface area contributed by atoms with E-state index in [0.29, 0.717) is 30.5 Å². The lowest BCUT2D eigenvalue weighted by atomic mass is 10.2. The number of hydrogen-bond acceptors (Lipinski definition) is 6. The minimum Gasteiger partial charge on any atom is -0.490 e. The smallest absolute Gasteiger partial charge is 0.240 e. The molecule has 2 aromatic carbocycles.